The number of ether oxygens (including phenoxy) is 1. The summed E-state index contributed by atoms with van der Waals surface area (Å²) in [5.41, 5.74) is 3.44. The second-order valence-electron chi connectivity index (χ2n) is 8.10. The third-order valence-corrected chi connectivity index (χ3v) is 5.90. The third kappa shape index (κ3) is 6.07. The topological polar surface area (TPSA) is 106 Å². The summed E-state index contributed by atoms with van der Waals surface area (Å²) in [6.45, 7) is 7.11. The van der Waals surface area contributed by atoms with Crippen molar-refractivity contribution in [3.8, 4) is 11.3 Å². The van der Waals surface area contributed by atoms with Gasteiger partial charge in [-0.15, -0.1) is 0 Å². The summed E-state index contributed by atoms with van der Waals surface area (Å²) >= 11 is 1.09. The molecule has 0 bridgehead atoms. The van der Waals surface area contributed by atoms with E-state index in [1.165, 1.54) is 0 Å². The Labute approximate surface area is 207 Å². The van der Waals surface area contributed by atoms with Gasteiger partial charge in [0, 0.05) is 22.9 Å². The highest BCUT2D eigenvalue weighted by Gasteiger charge is 2.19. The first-order valence-electron chi connectivity index (χ1n) is 11.1. The van der Waals surface area contributed by atoms with Crippen LogP contribution in [0.4, 0.5) is 16.6 Å². The summed E-state index contributed by atoms with van der Waals surface area (Å²) in [7, 11) is 0. The van der Waals surface area contributed by atoms with Crippen LogP contribution in [-0.2, 0) is 4.74 Å². The van der Waals surface area contributed by atoms with E-state index in [0.717, 1.165) is 22.6 Å². The fraction of sp³-hybridized carbons (Fsp3) is 0.192. The minimum Gasteiger partial charge on any atom is -0.459 e. The second-order valence-corrected chi connectivity index (χ2v) is 9.10. The number of nitrogens with one attached hydrogen (secondary N) is 2. The predicted octanol–water partition coefficient (Wildman–Crippen LogP) is 5.78. The van der Waals surface area contributed by atoms with Gasteiger partial charge in [0.2, 0.25) is 0 Å². The minimum absolute atomic E-state index is 0.236. The van der Waals surface area contributed by atoms with Gasteiger partial charge in [0.15, 0.2) is 5.13 Å². The molecule has 8 nitrogen and oxygen atoms in total. The average Bonchev–Trinajstić information content (AvgIpc) is 3.19. The molecule has 0 saturated carbocycles. The largest absolute Gasteiger partial charge is 0.459 e. The van der Waals surface area contributed by atoms with Gasteiger partial charge in [-0.05, 0) is 45.9 Å². The van der Waals surface area contributed by atoms with E-state index < -0.39 is 5.97 Å². The number of esters is 1. The SMILES string of the molecule is Cc1nc(Nc2cccc(C(=O)Nc3nc(C)c(C(=O)OC(C)C)s3)c2)cc(-c2ccccc2)n1. The average molecular weight is 488 g/mol. The molecule has 2 heterocycles. The zero-order valence-electron chi connectivity index (χ0n) is 19.8. The fourth-order valence-corrected chi connectivity index (χ4v) is 4.20. The number of amides is 1. The summed E-state index contributed by atoms with van der Waals surface area (Å²) in [5, 5.41) is 6.35. The zero-order valence-corrected chi connectivity index (χ0v) is 20.6. The molecule has 0 aliphatic heterocycles. The summed E-state index contributed by atoms with van der Waals surface area (Å²) in [5.74, 6) is 0.471. The number of aromatic nitrogens is 3. The lowest BCUT2D eigenvalue weighted by Gasteiger charge is -2.10. The molecule has 2 aromatic carbocycles. The van der Waals surface area contributed by atoms with Crippen LogP contribution in [0.3, 0.4) is 0 Å². The highest BCUT2D eigenvalue weighted by Crippen LogP contribution is 2.26. The van der Waals surface area contributed by atoms with Gasteiger partial charge in [-0.2, -0.15) is 0 Å². The lowest BCUT2D eigenvalue weighted by atomic mass is 10.1. The van der Waals surface area contributed by atoms with Gasteiger partial charge in [0.25, 0.3) is 5.91 Å². The highest BCUT2D eigenvalue weighted by molar-refractivity contribution is 7.17. The molecule has 0 aliphatic carbocycles. The number of benzene rings is 2. The molecule has 35 heavy (non-hydrogen) atoms. The van der Waals surface area contributed by atoms with E-state index in [0.29, 0.717) is 38.6 Å². The summed E-state index contributed by atoms with van der Waals surface area (Å²) in [4.78, 5) is 38.7. The van der Waals surface area contributed by atoms with Crippen LogP contribution in [0.5, 0.6) is 0 Å². The highest BCUT2D eigenvalue weighted by atomic mass is 32.1. The molecular formula is C26H25N5O3S. The van der Waals surface area contributed by atoms with Crippen molar-refractivity contribution in [1.29, 1.82) is 0 Å². The van der Waals surface area contributed by atoms with Crippen molar-refractivity contribution in [2.75, 3.05) is 10.6 Å². The summed E-state index contributed by atoms with van der Waals surface area (Å²) in [6.07, 6.45) is -0.236. The number of carbonyl (C=O) groups is 2. The first-order valence-corrected chi connectivity index (χ1v) is 11.9. The van der Waals surface area contributed by atoms with Gasteiger partial charge in [0.1, 0.15) is 16.5 Å². The molecule has 0 spiro atoms. The van der Waals surface area contributed by atoms with E-state index in [4.69, 9.17) is 4.74 Å². The first-order chi connectivity index (χ1) is 16.8. The summed E-state index contributed by atoms with van der Waals surface area (Å²) < 4.78 is 5.24. The summed E-state index contributed by atoms with van der Waals surface area (Å²) in [6, 6.07) is 18.8. The lowest BCUT2D eigenvalue weighted by molar-refractivity contribution is 0.0382. The molecule has 0 atom stereocenters. The standard InChI is InChI=1S/C26H25N5O3S/c1-15(2)34-25(33)23-16(3)27-26(35-23)31-24(32)19-11-8-12-20(13-19)30-22-14-21(28-17(4)29-22)18-9-6-5-7-10-18/h5-15H,1-4H3,(H,27,31,32)(H,28,29,30). The van der Waals surface area contributed by atoms with E-state index in [1.807, 2.05) is 49.4 Å². The van der Waals surface area contributed by atoms with Crippen LogP contribution in [-0.4, -0.2) is 32.9 Å². The van der Waals surface area contributed by atoms with Crippen LogP contribution < -0.4 is 10.6 Å². The maximum Gasteiger partial charge on any atom is 0.350 e. The van der Waals surface area contributed by atoms with Crippen molar-refractivity contribution in [3.63, 3.8) is 0 Å². The number of anilines is 3. The molecule has 2 aromatic heterocycles. The Bertz CT molecular complexity index is 1370. The van der Waals surface area contributed by atoms with E-state index in [9.17, 15) is 9.59 Å². The monoisotopic (exact) mass is 487 g/mol. The number of rotatable bonds is 7. The van der Waals surface area contributed by atoms with Crippen LogP contribution in [0.25, 0.3) is 11.3 Å². The molecule has 178 valence electrons. The number of nitrogens with zero attached hydrogens (tertiary/aromatic N) is 3. The number of thiazole rings is 1. The first kappa shape index (κ1) is 24.0. The van der Waals surface area contributed by atoms with E-state index in [2.05, 4.69) is 25.6 Å². The van der Waals surface area contributed by atoms with E-state index in [-0.39, 0.29) is 12.0 Å². The molecule has 9 heteroatoms. The van der Waals surface area contributed by atoms with Crippen LogP contribution in [0.1, 0.15) is 45.4 Å². The second kappa shape index (κ2) is 10.4. The zero-order chi connectivity index (χ0) is 24.9. The molecule has 0 aliphatic rings. The van der Waals surface area contributed by atoms with Crippen LogP contribution in [0.2, 0.25) is 0 Å². The molecule has 0 unspecified atom stereocenters. The molecular weight excluding hydrogens is 462 g/mol. The Morgan fingerprint density at radius 2 is 1.71 bits per heavy atom. The minimum atomic E-state index is -0.447. The molecule has 0 radical (unpaired) electrons. The van der Waals surface area contributed by atoms with E-state index >= 15 is 0 Å². The Kier molecular flexibility index (Phi) is 7.17. The number of hydrogen-bond donors (Lipinski definition) is 2. The van der Waals surface area contributed by atoms with Crippen LogP contribution >= 0.6 is 11.3 Å². The number of carbonyl (C=O) groups excluding carboxylic acids is 2. The molecule has 2 N–H and O–H groups in total. The smallest absolute Gasteiger partial charge is 0.350 e. The van der Waals surface area contributed by atoms with Crippen molar-refractivity contribution in [2.45, 2.75) is 33.8 Å². The quantitative estimate of drug-likeness (QED) is 0.318. The van der Waals surface area contributed by atoms with Gasteiger partial charge in [-0.1, -0.05) is 47.7 Å². The Morgan fingerprint density at radius 1 is 0.943 bits per heavy atom. The van der Waals surface area contributed by atoms with Gasteiger partial charge in [-0.25, -0.2) is 19.7 Å². The van der Waals surface area contributed by atoms with Gasteiger partial charge >= 0.3 is 5.97 Å². The Hall–Kier alpha value is -4.11. The van der Waals surface area contributed by atoms with E-state index in [1.54, 1.807) is 39.0 Å². The van der Waals surface area contributed by atoms with Crippen molar-refractivity contribution >= 4 is 39.9 Å². The van der Waals surface area contributed by atoms with Crippen molar-refractivity contribution in [1.82, 2.24) is 15.0 Å². The number of aryl methyl sites for hydroxylation is 2. The number of hydrogen-bond acceptors (Lipinski definition) is 8. The molecule has 1 amide bonds. The maximum atomic E-state index is 12.9. The van der Waals surface area contributed by atoms with Gasteiger partial charge in [-0.3, -0.25) is 10.1 Å². The molecule has 4 rings (SSSR count). The van der Waals surface area contributed by atoms with Crippen LogP contribution in [0.15, 0.2) is 60.7 Å². The van der Waals surface area contributed by atoms with Gasteiger partial charge < -0.3 is 10.1 Å². The van der Waals surface area contributed by atoms with Crippen molar-refractivity contribution in [3.05, 3.63) is 82.6 Å². The molecule has 0 fully saturated rings. The van der Waals surface area contributed by atoms with Crippen LogP contribution in [0, 0.1) is 13.8 Å². The van der Waals surface area contributed by atoms with Crippen molar-refractivity contribution in [2.24, 2.45) is 0 Å². The third-order valence-electron chi connectivity index (χ3n) is 4.85. The lowest BCUT2D eigenvalue weighted by Crippen LogP contribution is -2.12. The Morgan fingerprint density at radius 3 is 2.46 bits per heavy atom. The predicted molar refractivity (Wildman–Crippen MR) is 137 cm³/mol. The molecule has 4 aromatic rings. The maximum absolute atomic E-state index is 12.9. The molecule has 0 saturated heterocycles. The Balaban J connectivity index is 1.50. The normalized spacial score (nSPS) is 10.8. The van der Waals surface area contributed by atoms with Crippen molar-refractivity contribution < 1.29 is 14.3 Å². The van der Waals surface area contributed by atoms with Gasteiger partial charge in [0.05, 0.1) is 17.5 Å². The fourth-order valence-electron chi connectivity index (χ4n) is 3.35.